The van der Waals surface area contributed by atoms with Gasteiger partial charge in [0.2, 0.25) is 0 Å². The highest BCUT2D eigenvalue weighted by molar-refractivity contribution is 5.87. The monoisotopic (exact) mass is 423 g/mol. The number of rotatable bonds is 22. The molecule has 0 aliphatic rings. The van der Waals surface area contributed by atoms with E-state index in [0.717, 1.165) is 6.42 Å². The quantitative estimate of drug-likeness (QED) is 0.0993. The van der Waals surface area contributed by atoms with Crippen LogP contribution in [0.15, 0.2) is 11.8 Å². The zero-order valence-electron chi connectivity index (χ0n) is 21.0. The Hall–Kier alpha value is -0.990. The summed E-state index contributed by atoms with van der Waals surface area (Å²) in [5.41, 5.74) is 0.665. The second-order valence-electron chi connectivity index (χ2n) is 9.28. The fourth-order valence-corrected chi connectivity index (χ4v) is 3.90. The van der Waals surface area contributed by atoms with Crippen molar-refractivity contribution in [2.45, 2.75) is 136 Å². The Balaban J connectivity index is 3.19. The minimum atomic E-state index is -0.189. The molecule has 3 nitrogen and oxygen atoms in total. The lowest BCUT2D eigenvalue weighted by Gasteiger charge is -2.08. The smallest absolute Gasteiger partial charge is 0.335 e. The van der Waals surface area contributed by atoms with E-state index in [4.69, 9.17) is 4.74 Å². The molecular formula is C27H53NO2. The minimum Gasteiger partial charge on any atom is -0.462 e. The van der Waals surface area contributed by atoms with Gasteiger partial charge in [-0.1, -0.05) is 122 Å². The van der Waals surface area contributed by atoms with Gasteiger partial charge in [-0.05, 0) is 13.3 Å². The van der Waals surface area contributed by atoms with Crippen LogP contribution in [0.25, 0.3) is 0 Å². The van der Waals surface area contributed by atoms with Gasteiger partial charge in [-0.2, -0.15) is 0 Å². The molecule has 0 saturated carbocycles. The van der Waals surface area contributed by atoms with Crippen LogP contribution in [0.4, 0.5) is 0 Å². The molecule has 30 heavy (non-hydrogen) atoms. The first-order valence-electron chi connectivity index (χ1n) is 13.1. The van der Waals surface area contributed by atoms with Crippen molar-refractivity contribution in [2.75, 3.05) is 20.7 Å². The Labute approximate surface area is 189 Å². The van der Waals surface area contributed by atoms with Gasteiger partial charge in [0.05, 0.1) is 6.61 Å². The van der Waals surface area contributed by atoms with Crippen LogP contribution < -0.4 is 0 Å². The average Bonchev–Trinajstić information content (AvgIpc) is 2.71. The van der Waals surface area contributed by atoms with E-state index in [1.165, 1.54) is 116 Å². The zero-order chi connectivity index (χ0) is 22.3. The van der Waals surface area contributed by atoms with Crippen molar-refractivity contribution < 1.29 is 9.53 Å². The number of nitrogens with zero attached hydrogens (tertiary/aromatic N) is 1. The summed E-state index contributed by atoms with van der Waals surface area (Å²) in [6.45, 7) is 4.64. The van der Waals surface area contributed by atoms with Crippen LogP contribution in [0, 0.1) is 0 Å². The Morgan fingerprint density at radius 3 is 1.30 bits per heavy atom. The van der Waals surface area contributed by atoms with E-state index in [2.05, 4.69) is 6.92 Å². The number of carbonyl (C=O) groups is 1. The van der Waals surface area contributed by atoms with Crippen molar-refractivity contribution in [1.29, 1.82) is 0 Å². The Morgan fingerprint density at radius 1 is 0.633 bits per heavy atom. The van der Waals surface area contributed by atoms with Crippen molar-refractivity contribution in [2.24, 2.45) is 0 Å². The van der Waals surface area contributed by atoms with Gasteiger partial charge in [0.1, 0.15) is 0 Å². The van der Waals surface area contributed by atoms with E-state index in [1.807, 2.05) is 19.0 Å². The first-order valence-corrected chi connectivity index (χ1v) is 13.1. The summed E-state index contributed by atoms with van der Waals surface area (Å²) in [6.07, 6.45) is 28.0. The van der Waals surface area contributed by atoms with Gasteiger partial charge < -0.3 is 9.64 Å². The molecule has 178 valence electrons. The third-order valence-corrected chi connectivity index (χ3v) is 5.75. The Bertz CT molecular complexity index is 404. The van der Waals surface area contributed by atoms with Crippen LogP contribution in [0.1, 0.15) is 136 Å². The van der Waals surface area contributed by atoms with Crippen molar-refractivity contribution in [3.63, 3.8) is 0 Å². The summed E-state index contributed by atoms with van der Waals surface area (Å²) in [4.78, 5) is 13.6. The summed E-state index contributed by atoms with van der Waals surface area (Å²) in [5, 5.41) is 0. The van der Waals surface area contributed by atoms with Gasteiger partial charge in [-0.25, -0.2) is 4.79 Å². The standard InChI is InChI=1S/C27H53NO2/c1-5-6-7-8-9-10-11-12-13-14-15-16-17-18-19-20-21-22-23-24-30-27(29)26(2)25-28(3)4/h25H,5-24H2,1-4H3/b26-25+. The molecule has 0 bridgehead atoms. The third-order valence-electron chi connectivity index (χ3n) is 5.75. The molecule has 0 atom stereocenters. The van der Waals surface area contributed by atoms with Gasteiger partial charge >= 0.3 is 5.97 Å². The van der Waals surface area contributed by atoms with E-state index < -0.39 is 0 Å². The average molecular weight is 424 g/mol. The topological polar surface area (TPSA) is 29.5 Å². The van der Waals surface area contributed by atoms with Gasteiger partial charge in [-0.3, -0.25) is 0 Å². The number of esters is 1. The number of unbranched alkanes of at least 4 members (excludes halogenated alkanes) is 18. The first kappa shape index (κ1) is 29.0. The normalized spacial score (nSPS) is 11.7. The first-order chi connectivity index (χ1) is 14.6. The van der Waals surface area contributed by atoms with Gasteiger partial charge in [0.25, 0.3) is 0 Å². The van der Waals surface area contributed by atoms with Crippen molar-refractivity contribution in [3.05, 3.63) is 11.8 Å². The Morgan fingerprint density at radius 2 is 0.967 bits per heavy atom. The lowest BCUT2D eigenvalue weighted by molar-refractivity contribution is -0.139. The predicted molar refractivity (Wildman–Crippen MR) is 132 cm³/mol. The lowest BCUT2D eigenvalue weighted by atomic mass is 10.0. The summed E-state index contributed by atoms with van der Waals surface area (Å²) in [6, 6.07) is 0. The highest BCUT2D eigenvalue weighted by Gasteiger charge is 2.05. The second-order valence-corrected chi connectivity index (χ2v) is 9.28. The molecule has 0 saturated heterocycles. The molecule has 3 heteroatoms. The molecule has 0 radical (unpaired) electrons. The molecule has 0 aliphatic carbocycles. The van der Waals surface area contributed by atoms with E-state index in [1.54, 1.807) is 13.1 Å². The van der Waals surface area contributed by atoms with E-state index in [9.17, 15) is 4.79 Å². The van der Waals surface area contributed by atoms with E-state index in [0.29, 0.717) is 12.2 Å². The third kappa shape index (κ3) is 21.7. The molecule has 0 spiro atoms. The Kier molecular flexibility index (Phi) is 21.9. The maximum atomic E-state index is 11.8. The number of carbonyl (C=O) groups excluding carboxylic acids is 1. The van der Waals surface area contributed by atoms with Crippen LogP contribution in [-0.4, -0.2) is 31.6 Å². The van der Waals surface area contributed by atoms with E-state index >= 15 is 0 Å². The maximum absolute atomic E-state index is 11.8. The fraction of sp³-hybridized carbons (Fsp3) is 0.889. The predicted octanol–water partition coefficient (Wildman–Crippen LogP) is 8.43. The number of ether oxygens (including phenoxy) is 1. The van der Waals surface area contributed by atoms with Gasteiger partial charge in [-0.15, -0.1) is 0 Å². The molecule has 0 rings (SSSR count). The molecule has 0 aliphatic heterocycles. The SMILES string of the molecule is CCCCCCCCCCCCCCCCCCCCCOC(=O)/C(C)=C/N(C)C. The van der Waals surface area contributed by atoms with E-state index in [-0.39, 0.29) is 5.97 Å². The van der Waals surface area contributed by atoms with Gasteiger partial charge in [0.15, 0.2) is 0 Å². The molecule has 0 unspecified atom stereocenters. The second kappa shape index (κ2) is 22.7. The molecule has 0 aromatic heterocycles. The van der Waals surface area contributed by atoms with Crippen LogP contribution in [-0.2, 0) is 9.53 Å². The van der Waals surface area contributed by atoms with Gasteiger partial charge in [0, 0.05) is 25.9 Å². The van der Waals surface area contributed by atoms with Crippen molar-refractivity contribution in [3.8, 4) is 0 Å². The number of hydrogen-bond donors (Lipinski definition) is 0. The maximum Gasteiger partial charge on any atom is 0.335 e. The lowest BCUT2D eigenvalue weighted by Crippen LogP contribution is -2.11. The largest absolute Gasteiger partial charge is 0.462 e. The molecule has 0 fully saturated rings. The molecule has 0 aromatic rings. The van der Waals surface area contributed by atoms with Crippen LogP contribution in [0.2, 0.25) is 0 Å². The summed E-state index contributed by atoms with van der Waals surface area (Å²) >= 11 is 0. The molecular weight excluding hydrogens is 370 g/mol. The highest BCUT2D eigenvalue weighted by atomic mass is 16.5. The van der Waals surface area contributed by atoms with Crippen LogP contribution in [0.3, 0.4) is 0 Å². The van der Waals surface area contributed by atoms with Crippen LogP contribution >= 0.6 is 0 Å². The fourth-order valence-electron chi connectivity index (χ4n) is 3.90. The highest BCUT2D eigenvalue weighted by Crippen LogP contribution is 2.14. The molecule has 0 heterocycles. The number of hydrogen-bond acceptors (Lipinski definition) is 3. The molecule has 0 amide bonds. The summed E-state index contributed by atoms with van der Waals surface area (Å²) < 4.78 is 5.30. The van der Waals surface area contributed by atoms with Crippen molar-refractivity contribution >= 4 is 5.97 Å². The van der Waals surface area contributed by atoms with Crippen LogP contribution in [0.5, 0.6) is 0 Å². The minimum absolute atomic E-state index is 0.189. The summed E-state index contributed by atoms with van der Waals surface area (Å²) in [7, 11) is 3.82. The molecule has 0 N–H and O–H groups in total. The zero-order valence-corrected chi connectivity index (χ0v) is 21.0. The van der Waals surface area contributed by atoms with Crippen molar-refractivity contribution in [1.82, 2.24) is 4.90 Å². The molecule has 0 aromatic carbocycles. The summed E-state index contributed by atoms with van der Waals surface area (Å²) in [5.74, 6) is -0.189.